The third-order valence-corrected chi connectivity index (χ3v) is 8.82. The Morgan fingerprint density at radius 1 is 0.403 bits per heavy atom. The van der Waals surface area contributed by atoms with Crippen molar-refractivity contribution >= 4 is 47.4 Å². The van der Waals surface area contributed by atoms with E-state index in [9.17, 15) is 28.8 Å². The number of nitrogens with one attached hydrogen (secondary N) is 2. The summed E-state index contributed by atoms with van der Waals surface area (Å²) in [5.74, 6) is -1.82. The van der Waals surface area contributed by atoms with Crippen molar-refractivity contribution in [3.63, 3.8) is 0 Å². The molecule has 0 aliphatic carbocycles. The minimum absolute atomic E-state index is 0.0192. The van der Waals surface area contributed by atoms with Crippen LogP contribution in [0.3, 0.4) is 0 Å². The monoisotopic (exact) mass is 848 g/mol. The third-order valence-electron chi connectivity index (χ3n) is 8.82. The molecule has 4 rings (SSSR count). The van der Waals surface area contributed by atoms with Gasteiger partial charge in [-0.2, -0.15) is 0 Å². The number of hydrogen-bond acceptors (Lipinski definition) is 12. The smallest absolute Gasteiger partial charge is 0.411 e. The maximum Gasteiger partial charge on any atom is 0.411 e. The topological polar surface area (TPSA) is 182 Å². The van der Waals surface area contributed by atoms with E-state index >= 15 is 0 Å². The zero-order valence-electron chi connectivity index (χ0n) is 35.0. The number of carbonyl (C=O) groups excluding carboxylic acids is 6. The second-order valence-electron chi connectivity index (χ2n) is 14.2. The van der Waals surface area contributed by atoms with Crippen molar-refractivity contribution in [3.8, 4) is 0 Å². The minimum atomic E-state index is -0.665. The Morgan fingerprint density at radius 3 is 1.08 bits per heavy atom. The molecule has 0 aliphatic heterocycles. The predicted molar refractivity (Wildman–Crippen MR) is 231 cm³/mol. The summed E-state index contributed by atoms with van der Waals surface area (Å²) in [7, 11) is 0. The van der Waals surface area contributed by atoms with Gasteiger partial charge >= 0.3 is 36.1 Å². The highest BCUT2D eigenvalue weighted by atomic mass is 16.6. The van der Waals surface area contributed by atoms with Crippen LogP contribution >= 0.6 is 0 Å². The number of anilines is 2. The fraction of sp³-hybridized carbons (Fsp3) is 0.292. The van der Waals surface area contributed by atoms with Crippen molar-refractivity contribution in [2.75, 3.05) is 50.3 Å². The van der Waals surface area contributed by atoms with Gasteiger partial charge in [-0.3, -0.25) is 20.2 Å². The van der Waals surface area contributed by atoms with Crippen molar-refractivity contribution in [2.45, 2.75) is 52.4 Å². The number of hydrogen-bond donors (Lipinski definition) is 2. The molecule has 0 saturated carbocycles. The number of carbonyl (C=O) groups is 6. The van der Waals surface area contributed by atoms with Crippen LogP contribution in [0.5, 0.6) is 0 Å². The van der Waals surface area contributed by atoms with Gasteiger partial charge in [0.25, 0.3) is 0 Å². The van der Waals surface area contributed by atoms with Crippen LogP contribution in [0.2, 0.25) is 0 Å². The van der Waals surface area contributed by atoms with Crippen molar-refractivity contribution in [1.29, 1.82) is 0 Å². The average molecular weight is 849 g/mol. The summed E-state index contributed by atoms with van der Waals surface area (Å²) >= 11 is 0. The number of ether oxygens (including phenoxy) is 6. The van der Waals surface area contributed by atoms with Gasteiger partial charge in [-0.15, -0.1) is 0 Å². The molecule has 0 aliphatic rings. The molecule has 0 fully saturated rings. The second-order valence-corrected chi connectivity index (χ2v) is 14.2. The normalized spacial score (nSPS) is 10.4. The van der Waals surface area contributed by atoms with E-state index in [0.29, 0.717) is 37.1 Å². The molecule has 62 heavy (non-hydrogen) atoms. The average Bonchev–Trinajstić information content (AvgIpc) is 3.25. The molecule has 0 saturated heterocycles. The zero-order chi connectivity index (χ0) is 44.7. The molecule has 0 aromatic heterocycles. The molecule has 4 aromatic carbocycles. The highest BCUT2D eigenvalue weighted by Crippen LogP contribution is 2.17. The molecule has 2 N–H and O–H groups in total. The van der Waals surface area contributed by atoms with Crippen LogP contribution in [0.1, 0.15) is 60.1 Å². The first-order chi connectivity index (χ1) is 29.8. The van der Waals surface area contributed by atoms with Crippen LogP contribution in [0.25, 0.3) is 0 Å². The van der Waals surface area contributed by atoms with Gasteiger partial charge in [0, 0.05) is 22.5 Å². The number of rotatable bonds is 23. The summed E-state index contributed by atoms with van der Waals surface area (Å²) in [6.07, 6.45) is 1.36. The second kappa shape index (κ2) is 25.4. The van der Waals surface area contributed by atoms with Crippen LogP contribution in [0.4, 0.5) is 21.0 Å². The van der Waals surface area contributed by atoms with Crippen LogP contribution in [0, 0.1) is 0 Å². The van der Waals surface area contributed by atoms with Crippen LogP contribution in [-0.2, 0) is 73.3 Å². The summed E-state index contributed by atoms with van der Waals surface area (Å²) in [5, 5.41) is 5.32. The lowest BCUT2D eigenvalue weighted by Crippen LogP contribution is -2.18. The lowest BCUT2D eigenvalue weighted by molar-refractivity contribution is -0.149. The molecular weight excluding hydrogens is 797 g/mol. The number of amides is 2. The Bertz CT molecular complexity index is 1990. The van der Waals surface area contributed by atoms with E-state index in [2.05, 4.69) is 23.8 Å². The van der Waals surface area contributed by atoms with E-state index < -0.39 is 30.1 Å². The van der Waals surface area contributed by atoms with Crippen LogP contribution in [-0.4, -0.2) is 75.7 Å². The molecule has 0 radical (unpaired) electrons. The quantitative estimate of drug-likeness (QED) is 0.0320. The maximum absolute atomic E-state index is 12.4. The first-order valence-electron chi connectivity index (χ1n) is 20.0. The Balaban J connectivity index is 1.03. The molecule has 0 atom stereocenters. The van der Waals surface area contributed by atoms with Gasteiger partial charge in [0.05, 0.1) is 26.1 Å². The maximum atomic E-state index is 12.4. The van der Waals surface area contributed by atoms with E-state index in [1.54, 1.807) is 31.2 Å². The Kier molecular flexibility index (Phi) is 19.5. The standard InChI is InChI=1S/C48H52N2O12/c1-33(2)45(53)59-26-25-58-44(52)32-40-13-9-36(10-14-40)29-35-7-11-39(12-8-35)31-43(51)57-23-5-6-24-61-47(55)49-41-19-15-37(16-20-41)30-38-17-21-42(22-18-38)50-48(56)62-28-27-60-46(54)34(3)4/h7-22H,1,3,5-6,23-32H2,2,4H3,(H,49,55)(H,50,56). The van der Waals surface area contributed by atoms with Gasteiger partial charge < -0.3 is 28.4 Å². The highest BCUT2D eigenvalue weighted by Gasteiger charge is 2.11. The van der Waals surface area contributed by atoms with Crippen molar-refractivity contribution < 1.29 is 57.2 Å². The Hall–Kier alpha value is -7.22. The minimum Gasteiger partial charge on any atom is -0.465 e. The van der Waals surface area contributed by atoms with Gasteiger partial charge in [-0.1, -0.05) is 86.0 Å². The summed E-state index contributed by atoms with van der Waals surface area (Å²) in [6.45, 7) is 10.2. The lowest BCUT2D eigenvalue weighted by Gasteiger charge is -2.10. The Morgan fingerprint density at radius 2 is 0.694 bits per heavy atom. The molecule has 4 aromatic rings. The van der Waals surface area contributed by atoms with E-state index in [0.717, 1.165) is 33.4 Å². The molecule has 14 nitrogen and oxygen atoms in total. The van der Waals surface area contributed by atoms with Crippen molar-refractivity contribution in [1.82, 2.24) is 0 Å². The highest BCUT2D eigenvalue weighted by molar-refractivity contribution is 5.87. The van der Waals surface area contributed by atoms with Crippen LogP contribution < -0.4 is 10.6 Å². The van der Waals surface area contributed by atoms with E-state index in [4.69, 9.17) is 28.4 Å². The molecule has 0 spiro atoms. The molecule has 326 valence electrons. The van der Waals surface area contributed by atoms with Gasteiger partial charge in [0.2, 0.25) is 0 Å². The molecule has 0 heterocycles. The van der Waals surface area contributed by atoms with E-state index in [1.807, 2.05) is 72.8 Å². The SMILES string of the molecule is C=C(C)C(=O)OCCOC(=O)Cc1ccc(Cc2ccc(CC(=O)OCCCCOC(=O)Nc3ccc(Cc4ccc(NC(=O)OCCOC(=O)C(=C)C)cc4)cc3)cc2)cc1. The van der Waals surface area contributed by atoms with Gasteiger partial charge in [0.1, 0.15) is 26.4 Å². The largest absolute Gasteiger partial charge is 0.465 e. The molecule has 0 unspecified atom stereocenters. The number of unbranched alkanes of at least 4 members (excludes halogenated alkanes) is 1. The third kappa shape index (κ3) is 18.4. The fourth-order valence-corrected chi connectivity index (χ4v) is 5.54. The van der Waals surface area contributed by atoms with Crippen molar-refractivity contribution in [2.24, 2.45) is 0 Å². The Labute approximate surface area is 361 Å². The lowest BCUT2D eigenvalue weighted by atomic mass is 10.0. The number of esters is 4. The van der Waals surface area contributed by atoms with Crippen LogP contribution in [0.15, 0.2) is 121 Å². The van der Waals surface area contributed by atoms with E-state index in [1.165, 1.54) is 6.92 Å². The zero-order valence-corrected chi connectivity index (χ0v) is 35.0. The fourth-order valence-electron chi connectivity index (χ4n) is 5.54. The van der Waals surface area contributed by atoms with Gasteiger partial charge in [0.15, 0.2) is 0 Å². The molecule has 0 bridgehead atoms. The summed E-state index contributed by atoms with van der Waals surface area (Å²) in [6, 6.07) is 30.0. The molecule has 2 amide bonds. The molecular formula is C48H52N2O12. The van der Waals surface area contributed by atoms with Gasteiger partial charge in [-0.05, 0) is 97.2 Å². The molecule has 14 heteroatoms. The first-order valence-corrected chi connectivity index (χ1v) is 20.0. The van der Waals surface area contributed by atoms with E-state index in [-0.39, 0.29) is 69.6 Å². The first kappa shape index (κ1) is 47.5. The summed E-state index contributed by atoms with van der Waals surface area (Å²) in [5.41, 5.74) is 7.46. The van der Waals surface area contributed by atoms with Crippen molar-refractivity contribution in [3.05, 3.63) is 155 Å². The van der Waals surface area contributed by atoms with Gasteiger partial charge in [-0.25, -0.2) is 19.2 Å². The number of benzene rings is 4. The summed E-state index contributed by atoms with van der Waals surface area (Å²) < 4.78 is 30.6. The summed E-state index contributed by atoms with van der Waals surface area (Å²) in [4.78, 5) is 71.5. The predicted octanol–water partition coefficient (Wildman–Crippen LogP) is 7.86.